The second-order valence-electron chi connectivity index (χ2n) is 5.34. The van der Waals surface area contributed by atoms with Gasteiger partial charge in [-0.05, 0) is 60.5 Å². The van der Waals surface area contributed by atoms with Crippen LogP contribution in [0.2, 0.25) is 0 Å². The quantitative estimate of drug-likeness (QED) is 0.880. The number of pyridine rings is 1. The van der Waals surface area contributed by atoms with Crippen LogP contribution in [0.1, 0.15) is 25.1 Å². The first-order valence-corrected chi connectivity index (χ1v) is 7.85. The molecule has 0 aliphatic carbocycles. The van der Waals surface area contributed by atoms with Crippen molar-refractivity contribution in [2.75, 3.05) is 7.11 Å². The van der Waals surface area contributed by atoms with Crippen LogP contribution < -0.4 is 15.0 Å². The van der Waals surface area contributed by atoms with E-state index in [1.807, 2.05) is 26.0 Å². The average Bonchev–Trinajstić information content (AvgIpc) is 2.48. The highest BCUT2D eigenvalue weighted by molar-refractivity contribution is 9.10. The molecule has 1 heterocycles. The largest absolute Gasteiger partial charge is 0.493 e. The molecule has 1 N–H and O–H groups in total. The molecular formula is C17H17BrN2O3. The predicted octanol–water partition coefficient (Wildman–Crippen LogP) is 3.78. The van der Waals surface area contributed by atoms with Crippen LogP contribution in [0.4, 0.5) is 0 Å². The van der Waals surface area contributed by atoms with Gasteiger partial charge in [-0.1, -0.05) is 0 Å². The van der Waals surface area contributed by atoms with Crippen LogP contribution in [-0.2, 0) is 0 Å². The summed E-state index contributed by atoms with van der Waals surface area (Å²) in [5.41, 5.74) is 1.61. The van der Waals surface area contributed by atoms with E-state index in [4.69, 9.17) is 9.47 Å². The molecule has 0 unspecified atom stereocenters. The summed E-state index contributed by atoms with van der Waals surface area (Å²) in [5.74, 6) is 1.12. The van der Waals surface area contributed by atoms with Crippen molar-refractivity contribution in [3.8, 4) is 28.7 Å². The topological polar surface area (TPSA) is 75.1 Å². The van der Waals surface area contributed by atoms with Crippen molar-refractivity contribution in [1.82, 2.24) is 4.98 Å². The molecule has 1 aromatic heterocycles. The SMILES string of the molecule is COc1cc(-c2cc(C)[nH]c(=O)c2C#N)cc(Br)c1OC(C)C. The zero-order chi connectivity index (χ0) is 17.1. The van der Waals surface area contributed by atoms with Gasteiger partial charge < -0.3 is 14.5 Å². The van der Waals surface area contributed by atoms with Gasteiger partial charge in [-0.25, -0.2) is 0 Å². The Kier molecular flexibility index (Phi) is 5.12. The lowest BCUT2D eigenvalue weighted by Crippen LogP contribution is -2.13. The third-order valence-electron chi connectivity index (χ3n) is 3.17. The number of aromatic nitrogens is 1. The number of nitrogens with zero attached hydrogens (tertiary/aromatic N) is 1. The minimum Gasteiger partial charge on any atom is -0.493 e. The number of methoxy groups -OCH3 is 1. The van der Waals surface area contributed by atoms with Gasteiger partial charge in [0.15, 0.2) is 11.5 Å². The fourth-order valence-electron chi connectivity index (χ4n) is 2.25. The summed E-state index contributed by atoms with van der Waals surface area (Å²) >= 11 is 3.47. The van der Waals surface area contributed by atoms with Crippen LogP contribution in [0, 0.1) is 18.3 Å². The standard InChI is InChI=1S/C17H17BrN2O3/c1-9(2)23-16-14(18)6-11(7-15(16)22-4)12-5-10(3)20-17(21)13(12)8-19/h5-7,9H,1-4H3,(H,20,21). The maximum Gasteiger partial charge on any atom is 0.266 e. The lowest BCUT2D eigenvalue weighted by molar-refractivity contribution is 0.228. The Morgan fingerprint density at radius 2 is 2.00 bits per heavy atom. The Hall–Kier alpha value is -2.26. The van der Waals surface area contributed by atoms with Gasteiger partial charge >= 0.3 is 0 Å². The Labute approximate surface area is 143 Å². The summed E-state index contributed by atoms with van der Waals surface area (Å²) in [7, 11) is 1.55. The number of rotatable bonds is 4. The highest BCUT2D eigenvalue weighted by atomic mass is 79.9. The first-order chi connectivity index (χ1) is 10.9. The fraction of sp³-hybridized carbons (Fsp3) is 0.294. The van der Waals surface area contributed by atoms with Crippen molar-refractivity contribution >= 4 is 15.9 Å². The molecule has 0 saturated heterocycles. The van der Waals surface area contributed by atoms with Crippen LogP contribution in [0.5, 0.6) is 11.5 Å². The van der Waals surface area contributed by atoms with Gasteiger partial charge in [0, 0.05) is 11.3 Å². The number of aryl methyl sites for hydroxylation is 1. The molecular weight excluding hydrogens is 360 g/mol. The van der Waals surface area contributed by atoms with Crippen molar-refractivity contribution in [3.05, 3.63) is 44.3 Å². The zero-order valence-corrected chi connectivity index (χ0v) is 14.9. The number of hydrogen-bond donors (Lipinski definition) is 1. The molecule has 0 atom stereocenters. The number of nitriles is 1. The second kappa shape index (κ2) is 6.88. The lowest BCUT2D eigenvalue weighted by atomic mass is 10.0. The number of benzene rings is 1. The molecule has 2 aromatic rings. The first-order valence-electron chi connectivity index (χ1n) is 7.06. The molecule has 23 heavy (non-hydrogen) atoms. The maximum atomic E-state index is 12.0. The molecule has 0 fully saturated rings. The van der Waals surface area contributed by atoms with Gasteiger partial charge in [-0.3, -0.25) is 4.79 Å². The van der Waals surface area contributed by atoms with Crippen LogP contribution >= 0.6 is 15.9 Å². The van der Waals surface area contributed by atoms with E-state index in [1.165, 1.54) is 0 Å². The molecule has 0 saturated carbocycles. The van der Waals surface area contributed by atoms with Crippen LogP contribution in [0.25, 0.3) is 11.1 Å². The number of nitrogens with one attached hydrogen (secondary N) is 1. The molecule has 5 nitrogen and oxygen atoms in total. The predicted molar refractivity (Wildman–Crippen MR) is 92.0 cm³/mol. The molecule has 1 aromatic carbocycles. The summed E-state index contributed by atoms with van der Waals surface area (Å²) in [5, 5.41) is 9.28. The summed E-state index contributed by atoms with van der Waals surface area (Å²) in [4.78, 5) is 14.6. The van der Waals surface area contributed by atoms with Gasteiger partial charge in [0.2, 0.25) is 0 Å². The van der Waals surface area contributed by atoms with E-state index >= 15 is 0 Å². The molecule has 120 valence electrons. The molecule has 0 spiro atoms. The summed E-state index contributed by atoms with van der Waals surface area (Å²) in [6, 6.07) is 7.31. The molecule has 0 amide bonds. The highest BCUT2D eigenvalue weighted by Gasteiger charge is 2.17. The van der Waals surface area contributed by atoms with E-state index in [0.717, 1.165) is 0 Å². The van der Waals surface area contributed by atoms with Gasteiger partial charge in [0.25, 0.3) is 5.56 Å². The Bertz CT molecular complexity index is 835. The van der Waals surface area contributed by atoms with E-state index < -0.39 is 5.56 Å². The summed E-state index contributed by atoms with van der Waals surface area (Å²) in [6.45, 7) is 5.62. The molecule has 0 radical (unpaired) electrons. The Morgan fingerprint density at radius 1 is 1.30 bits per heavy atom. The van der Waals surface area contributed by atoms with Crippen molar-refractivity contribution in [2.24, 2.45) is 0 Å². The van der Waals surface area contributed by atoms with Crippen LogP contribution in [0.3, 0.4) is 0 Å². The van der Waals surface area contributed by atoms with E-state index in [2.05, 4.69) is 20.9 Å². The molecule has 0 aliphatic rings. The van der Waals surface area contributed by atoms with Gasteiger partial charge in [-0.15, -0.1) is 0 Å². The Morgan fingerprint density at radius 3 is 2.57 bits per heavy atom. The summed E-state index contributed by atoms with van der Waals surface area (Å²) < 4.78 is 11.9. The monoisotopic (exact) mass is 376 g/mol. The van der Waals surface area contributed by atoms with E-state index in [-0.39, 0.29) is 11.7 Å². The molecule has 6 heteroatoms. The van der Waals surface area contributed by atoms with Crippen molar-refractivity contribution in [1.29, 1.82) is 5.26 Å². The van der Waals surface area contributed by atoms with Crippen LogP contribution in [0.15, 0.2) is 27.5 Å². The Balaban J connectivity index is 2.70. The van der Waals surface area contributed by atoms with E-state index in [0.29, 0.717) is 32.8 Å². The minimum atomic E-state index is -0.403. The average molecular weight is 377 g/mol. The third kappa shape index (κ3) is 3.57. The van der Waals surface area contributed by atoms with Gasteiger partial charge in [0.1, 0.15) is 11.6 Å². The zero-order valence-electron chi connectivity index (χ0n) is 13.4. The molecule has 2 rings (SSSR count). The second-order valence-corrected chi connectivity index (χ2v) is 6.19. The number of H-pyrrole nitrogens is 1. The number of halogens is 1. The lowest BCUT2D eigenvalue weighted by Gasteiger charge is -2.17. The third-order valence-corrected chi connectivity index (χ3v) is 3.76. The van der Waals surface area contributed by atoms with Crippen molar-refractivity contribution in [3.63, 3.8) is 0 Å². The van der Waals surface area contributed by atoms with Crippen molar-refractivity contribution in [2.45, 2.75) is 26.9 Å². The smallest absolute Gasteiger partial charge is 0.266 e. The van der Waals surface area contributed by atoms with Gasteiger partial charge in [0.05, 0.1) is 17.7 Å². The normalized spacial score (nSPS) is 10.5. The maximum absolute atomic E-state index is 12.0. The number of aromatic amines is 1. The molecule has 0 bridgehead atoms. The summed E-state index contributed by atoms with van der Waals surface area (Å²) in [6.07, 6.45) is -0.0115. The number of hydrogen-bond acceptors (Lipinski definition) is 4. The van der Waals surface area contributed by atoms with Crippen molar-refractivity contribution < 1.29 is 9.47 Å². The van der Waals surface area contributed by atoms with E-state index in [1.54, 1.807) is 26.2 Å². The van der Waals surface area contributed by atoms with Crippen LogP contribution in [-0.4, -0.2) is 18.2 Å². The highest BCUT2D eigenvalue weighted by Crippen LogP contribution is 2.40. The minimum absolute atomic E-state index is 0.0115. The molecule has 0 aliphatic heterocycles. The van der Waals surface area contributed by atoms with E-state index in [9.17, 15) is 10.1 Å². The fourth-order valence-corrected chi connectivity index (χ4v) is 2.79. The first kappa shape index (κ1) is 17.1. The number of ether oxygens (including phenoxy) is 2. The van der Waals surface area contributed by atoms with Gasteiger partial charge in [-0.2, -0.15) is 5.26 Å².